The summed E-state index contributed by atoms with van der Waals surface area (Å²) in [6.45, 7) is 1.67. The van der Waals surface area contributed by atoms with Gasteiger partial charge in [0, 0.05) is 5.56 Å². The normalized spacial score (nSPS) is 28.6. The van der Waals surface area contributed by atoms with E-state index in [1.807, 2.05) is 0 Å². The summed E-state index contributed by atoms with van der Waals surface area (Å²) in [7, 11) is 1.28. The van der Waals surface area contributed by atoms with Crippen molar-refractivity contribution in [1.29, 1.82) is 0 Å². The number of benzene rings is 1. The van der Waals surface area contributed by atoms with Crippen LogP contribution in [0, 0.1) is 5.82 Å². The Balaban J connectivity index is 2.27. The average molecular weight is 210 g/mol. The molecule has 0 saturated carbocycles. The highest BCUT2D eigenvalue weighted by atomic mass is 19.1. The molecule has 1 saturated heterocycles. The van der Waals surface area contributed by atoms with Crippen LogP contribution < -0.4 is 0 Å². The zero-order valence-electron chi connectivity index (χ0n) is 8.49. The van der Waals surface area contributed by atoms with Gasteiger partial charge in [-0.2, -0.15) is 0 Å². The molecular formula is C11H11FO3. The van der Waals surface area contributed by atoms with Crippen LogP contribution in [0.15, 0.2) is 24.3 Å². The molecule has 15 heavy (non-hydrogen) atoms. The van der Waals surface area contributed by atoms with Gasteiger partial charge in [-0.3, -0.25) is 0 Å². The highest BCUT2D eigenvalue weighted by Crippen LogP contribution is 2.47. The van der Waals surface area contributed by atoms with Gasteiger partial charge < -0.3 is 9.47 Å². The molecule has 2 unspecified atom stereocenters. The molecule has 1 aromatic rings. The number of halogens is 1. The van der Waals surface area contributed by atoms with Gasteiger partial charge in [-0.05, 0) is 13.0 Å². The van der Waals surface area contributed by atoms with E-state index in [2.05, 4.69) is 4.74 Å². The predicted octanol–water partition coefficient (Wildman–Crippen LogP) is 1.61. The van der Waals surface area contributed by atoms with Gasteiger partial charge in [0.05, 0.1) is 7.11 Å². The average Bonchev–Trinajstić information content (AvgIpc) is 2.91. The van der Waals surface area contributed by atoms with Crippen LogP contribution in [-0.2, 0) is 19.9 Å². The fourth-order valence-corrected chi connectivity index (χ4v) is 1.66. The summed E-state index contributed by atoms with van der Waals surface area (Å²) < 4.78 is 23.2. The summed E-state index contributed by atoms with van der Waals surface area (Å²) in [4.78, 5) is 11.2. The number of hydrogen-bond acceptors (Lipinski definition) is 3. The summed E-state index contributed by atoms with van der Waals surface area (Å²) in [5, 5.41) is 0. The first kappa shape index (κ1) is 10.1. The molecule has 0 aromatic heterocycles. The molecule has 1 heterocycles. The van der Waals surface area contributed by atoms with Gasteiger partial charge in [0.1, 0.15) is 11.4 Å². The fourth-order valence-electron chi connectivity index (χ4n) is 1.66. The van der Waals surface area contributed by atoms with Crippen LogP contribution >= 0.6 is 0 Å². The number of esters is 1. The number of carbonyl (C=O) groups excluding carboxylic acids is 1. The molecule has 0 radical (unpaired) electrons. The van der Waals surface area contributed by atoms with Crippen LogP contribution in [0.1, 0.15) is 12.5 Å². The second kappa shape index (κ2) is 3.31. The maximum Gasteiger partial charge on any atom is 0.338 e. The van der Waals surface area contributed by atoms with E-state index in [9.17, 15) is 9.18 Å². The van der Waals surface area contributed by atoms with Crippen molar-refractivity contribution in [2.24, 2.45) is 0 Å². The molecule has 4 heteroatoms. The van der Waals surface area contributed by atoms with Gasteiger partial charge >= 0.3 is 5.97 Å². The Morgan fingerprint density at radius 3 is 2.80 bits per heavy atom. The smallest absolute Gasteiger partial charge is 0.338 e. The number of epoxide rings is 1. The van der Waals surface area contributed by atoms with Crippen LogP contribution in [0.5, 0.6) is 0 Å². The molecular weight excluding hydrogens is 199 g/mol. The Morgan fingerprint density at radius 2 is 2.20 bits per heavy atom. The third-order valence-corrected chi connectivity index (χ3v) is 2.63. The maximum atomic E-state index is 13.4. The van der Waals surface area contributed by atoms with Crippen molar-refractivity contribution in [2.75, 3.05) is 7.11 Å². The molecule has 1 fully saturated rings. The molecule has 0 N–H and O–H groups in total. The molecule has 80 valence electrons. The highest BCUT2D eigenvalue weighted by molar-refractivity contribution is 5.79. The molecule has 0 aliphatic carbocycles. The van der Waals surface area contributed by atoms with Gasteiger partial charge in [0.15, 0.2) is 6.10 Å². The van der Waals surface area contributed by atoms with E-state index in [1.165, 1.54) is 13.2 Å². The van der Waals surface area contributed by atoms with E-state index in [0.29, 0.717) is 5.56 Å². The second-order valence-corrected chi connectivity index (χ2v) is 3.61. The number of hydrogen-bond donors (Lipinski definition) is 0. The molecule has 2 atom stereocenters. The zero-order chi connectivity index (χ0) is 11.1. The molecule has 0 bridgehead atoms. The molecule has 0 amide bonds. The monoisotopic (exact) mass is 210 g/mol. The lowest BCUT2D eigenvalue weighted by molar-refractivity contribution is -0.142. The first-order valence-corrected chi connectivity index (χ1v) is 4.60. The van der Waals surface area contributed by atoms with E-state index >= 15 is 0 Å². The Morgan fingerprint density at radius 1 is 1.53 bits per heavy atom. The van der Waals surface area contributed by atoms with Crippen molar-refractivity contribution in [3.63, 3.8) is 0 Å². The van der Waals surface area contributed by atoms with Crippen molar-refractivity contribution in [3.05, 3.63) is 35.6 Å². The largest absolute Gasteiger partial charge is 0.467 e. The van der Waals surface area contributed by atoms with Gasteiger partial charge in [-0.25, -0.2) is 9.18 Å². The van der Waals surface area contributed by atoms with E-state index in [4.69, 9.17) is 4.74 Å². The topological polar surface area (TPSA) is 38.8 Å². The first-order chi connectivity index (χ1) is 7.09. The molecule has 1 aliphatic heterocycles. The van der Waals surface area contributed by atoms with Crippen LogP contribution in [0.2, 0.25) is 0 Å². The van der Waals surface area contributed by atoms with E-state index in [0.717, 1.165) is 0 Å². The summed E-state index contributed by atoms with van der Waals surface area (Å²) in [5.74, 6) is -0.841. The lowest BCUT2D eigenvalue weighted by Gasteiger charge is -2.06. The van der Waals surface area contributed by atoms with E-state index < -0.39 is 17.7 Å². The fraction of sp³-hybridized carbons (Fsp3) is 0.364. The summed E-state index contributed by atoms with van der Waals surface area (Å²) in [5.41, 5.74) is -0.487. The van der Waals surface area contributed by atoms with Crippen LogP contribution in [0.3, 0.4) is 0 Å². The quantitative estimate of drug-likeness (QED) is 0.550. The van der Waals surface area contributed by atoms with E-state index in [-0.39, 0.29) is 5.82 Å². The van der Waals surface area contributed by atoms with Gasteiger partial charge in [-0.1, -0.05) is 18.2 Å². The second-order valence-electron chi connectivity index (χ2n) is 3.61. The van der Waals surface area contributed by atoms with E-state index in [1.54, 1.807) is 25.1 Å². The Bertz CT molecular complexity index is 405. The summed E-state index contributed by atoms with van der Waals surface area (Å²) in [6, 6.07) is 6.26. The van der Waals surface area contributed by atoms with Crippen molar-refractivity contribution in [1.82, 2.24) is 0 Å². The number of carbonyl (C=O) groups is 1. The molecule has 1 aliphatic rings. The molecule has 1 aromatic carbocycles. The lowest BCUT2D eigenvalue weighted by atomic mass is 9.97. The number of methoxy groups -OCH3 is 1. The number of rotatable bonds is 2. The Labute approximate surface area is 86.8 Å². The van der Waals surface area contributed by atoms with Crippen molar-refractivity contribution >= 4 is 5.97 Å². The molecule has 2 rings (SSSR count). The predicted molar refractivity (Wildman–Crippen MR) is 50.6 cm³/mol. The van der Waals surface area contributed by atoms with Gasteiger partial charge in [0.25, 0.3) is 0 Å². The number of ether oxygens (including phenoxy) is 2. The standard InChI is InChI=1S/C11H11FO3/c1-11(9(15-11)10(13)14-2)7-5-3-4-6-8(7)12/h3-6,9H,1-2H3. The Kier molecular flexibility index (Phi) is 2.23. The van der Waals surface area contributed by atoms with Crippen molar-refractivity contribution in [3.8, 4) is 0 Å². The Hall–Kier alpha value is -1.42. The van der Waals surface area contributed by atoms with Crippen LogP contribution in [0.4, 0.5) is 4.39 Å². The van der Waals surface area contributed by atoms with Crippen LogP contribution in [0.25, 0.3) is 0 Å². The maximum absolute atomic E-state index is 13.4. The summed E-state index contributed by atoms with van der Waals surface area (Å²) in [6.07, 6.45) is -0.695. The minimum atomic E-state index is -0.877. The van der Waals surface area contributed by atoms with Crippen molar-refractivity contribution < 1.29 is 18.7 Å². The van der Waals surface area contributed by atoms with Crippen molar-refractivity contribution in [2.45, 2.75) is 18.6 Å². The van der Waals surface area contributed by atoms with Crippen LogP contribution in [-0.4, -0.2) is 19.2 Å². The summed E-state index contributed by atoms with van der Waals surface area (Å²) >= 11 is 0. The first-order valence-electron chi connectivity index (χ1n) is 4.60. The molecule has 0 spiro atoms. The zero-order valence-corrected chi connectivity index (χ0v) is 8.49. The molecule has 3 nitrogen and oxygen atoms in total. The third-order valence-electron chi connectivity index (χ3n) is 2.63. The third kappa shape index (κ3) is 1.51. The highest BCUT2D eigenvalue weighted by Gasteiger charge is 2.60. The minimum absolute atomic E-state index is 0.369. The van der Waals surface area contributed by atoms with Gasteiger partial charge in [0.2, 0.25) is 0 Å². The lowest BCUT2D eigenvalue weighted by Crippen LogP contribution is -2.18. The SMILES string of the molecule is COC(=O)C1OC1(C)c1ccccc1F. The minimum Gasteiger partial charge on any atom is -0.467 e. The van der Waals surface area contributed by atoms with Gasteiger partial charge in [-0.15, -0.1) is 0 Å².